The fourth-order valence-corrected chi connectivity index (χ4v) is 6.63. The van der Waals surface area contributed by atoms with Gasteiger partial charge in [-0.15, -0.1) is 4.68 Å². The molecular formula is C18H26N6O4. The Balaban J connectivity index is 1.66. The molecule has 1 aromatic rings. The van der Waals surface area contributed by atoms with Gasteiger partial charge >= 0.3 is 11.5 Å². The first-order valence-electron chi connectivity index (χ1n) is 10.2. The van der Waals surface area contributed by atoms with Gasteiger partial charge in [-0.3, -0.25) is 10.1 Å². The van der Waals surface area contributed by atoms with E-state index in [1.165, 1.54) is 19.3 Å². The second-order valence-corrected chi connectivity index (χ2v) is 9.35. The quantitative estimate of drug-likeness (QED) is 0.573. The zero-order chi connectivity index (χ0) is 19.6. The molecule has 6 rings (SSSR count). The topological polar surface area (TPSA) is 111 Å². The minimum absolute atomic E-state index is 0.299. The van der Waals surface area contributed by atoms with Gasteiger partial charge in [-0.1, -0.05) is 0 Å². The van der Waals surface area contributed by atoms with E-state index < -0.39 is 21.4 Å². The number of nitrogens with zero attached hydrogens (tertiary/aromatic N) is 6. The number of hydrogen-bond donors (Lipinski definition) is 0. The standard InChI is InChI=1S/C18H26N6O4/c1-20-2-4-21(5-3-20)17-15(23(25)26)16(24(27)28)19-22(17)18-9-12-6-13(10-18)8-14(7-12)11-18/h12-14H,2-11H2,1H3. The van der Waals surface area contributed by atoms with Crippen molar-refractivity contribution in [3.63, 3.8) is 0 Å². The Morgan fingerprint density at radius 2 is 1.46 bits per heavy atom. The van der Waals surface area contributed by atoms with Gasteiger partial charge in [-0.2, -0.15) is 0 Å². The molecule has 0 N–H and O–H groups in total. The van der Waals surface area contributed by atoms with Crippen molar-refractivity contribution in [1.82, 2.24) is 14.7 Å². The highest BCUT2D eigenvalue weighted by atomic mass is 16.6. The van der Waals surface area contributed by atoms with Crippen LogP contribution in [-0.4, -0.2) is 57.8 Å². The van der Waals surface area contributed by atoms with Gasteiger partial charge in [0.1, 0.15) is 0 Å². The summed E-state index contributed by atoms with van der Waals surface area (Å²) in [5.74, 6) is 1.62. The molecule has 0 radical (unpaired) electrons. The van der Waals surface area contributed by atoms with E-state index in [1.807, 2.05) is 11.9 Å². The van der Waals surface area contributed by atoms with Crippen molar-refractivity contribution in [2.45, 2.75) is 44.1 Å². The molecule has 152 valence electrons. The maximum Gasteiger partial charge on any atom is 0.470 e. The smallest absolute Gasteiger partial charge is 0.358 e. The summed E-state index contributed by atoms with van der Waals surface area (Å²) in [5.41, 5.74) is -0.725. The first kappa shape index (κ1) is 17.8. The Morgan fingerprint density at radius 1 is 0.929 bits per heavy atom. The van der Waals surface area contributed by atoms with Crippen molar-refractivity contribution in [1.29, 1.82) is 0 Å². The SMILES string of the molecule is CN1CCN(c2c([N+](=O)[O-])c([N+](=O)[O-])nn2C23CC4CC(CC(C4)C2)C3)CC1. The Kier molecular flexibility index (Phi) is 3.91. The molecule has 4 bridgehead atoms. The maximum atomic E-state index is 11.9. The highest BCUT2D eigenvalue weighted by Crippen LogP contribution is 2.60. The molecule has 1 saturated heterocycles. The summed E-state index contributed by atoms with van der Waals surface area (Å²) in [6, 6.07) is 0. The lowest BCUT2D eigenvalue weighted by atomic mass is 9.53. The lowest BCUT2D eigenvalue weighted by molar-refractivity contribution is -0.424. The third-order valence-electron chi connectivity index (χ3n) is 7.43. The van der Waals surface area contributed by atoms with Crippen LogP contribution >= 0.6 is 0 Å². The predicted molar refractivity (Wildman–Crippen MR) is 101 cm³/mol. The van der Waals surface area contributed by atoms with E-state index in [0.717, 1.165) is 32.4 Å². The molecule has 5 aliphatic rings. The van der Waals surface area contributed by atoms with Gasteiger partial charge in [0.15, 0.2) is 0 Å². The van der Waals surface area contributed by atoms with Gasteiger partial charge in [0.25, 0.3) is 0 Å². The van der Waals surface area contributed by atoms with Gasteiger partial charge in [-0.05, 0) is 68.2 Å². The van der Waals surface area contributed by atoms with Crippen molar-refractivity contribution in [3.05, 3.63) is 20.2 Å². The molecule has 1 aromatic heterocycles. The minimum atomic E-state index is -0.686. The van der Waals surface area contributed by atoms with Crippen LogP contribution in [0.25, 0.3) is 0 Å². The summed E-state index contributed by atoms with van der Waals surface area (Å²) in [7, 11) is 2.02. The molecule has 4 aliphatic carbocycles. The highest BCUT2D eigenvalue weighted by Gasteiger charge is 2.57. The van der Waals surface area contributed by atoms with Crippen LogP contribution in [0.1, 0.15) is 38.5 Å². The third kappa shape index (κ3) is 2.61. The van der Waals surface area contributed by atoms with Crippen LogP contribution in [0.15, 0.2) is 0 Å². The molecule has 0 spiro atoms. The van der Waals surface area contributed by atoms with Gasteiger partial charge in [0.05, 0.1) is 15.6 Å². The van der Waals surface area contributed by atoms with Crippen LogP contribution in [-0.2, 0) is 5.54 Å². The number of nitro groups is 2. The van der Waals surface area contributed by atoms with E-state index in [4.69, 9.17) is 0 Å². The van der Waals surface area contributed by atoms with Crippen LogP contribution in [0.5, 0.6) is 0 Å². The van der Waals surface area contributed by atoms with E-state index >= 15 is 0 Å². The third-order valence-corrected chi connectivity index (χ3v) is 7.43. The Bertz CT molecular complexity index is 793. The number of rotatable bonds is 4. The van der Waals surface area contributed by atoms with Crippen LogP contribution in [0.4, 0.5) is 17.3 Å². The molecule has 5 fully saturated rings. The fraction of sp³-hybridized carbons (Fsp3) is 0.833. The normalized spacial score (nSPS) is 34.8. The summed E-state index contributed by atoms with van der Waals surface area (Å²) in [4.78, 5) is 26.4. The second kappa shape index (κ2) is 6.13. The maximum absolute atomic E-state index is 11.9. The van der Waals surface area contributed by atoms with E-state index in [2.05, 4.69) is 10.00 Å². The first-order valence-corrected chi connectivity index (χ1v) is 10.2. The molecule has 0 aromatic carbocycles. The average Bonchev–Trinajstić information content (AvgIpc) is 3.03. The van der Waals surface area contributed by atoms with Crippen LogP contribution in [0, 0.1) is 38.0 Å². The van der Waals surface area contributed by atoms with E-state index in [-0.39, 0.29) is 5.54 Å². The van der Waals surface area contributed by atoms with Crippen molar-refractivity contribution in [2.24, 2.45) is 17.8 Å². The lowest BCUT2D eigenvalue weighted by Crippen LogP contribution is -2.54. The first-order chi connectivity index (χ1) is 13.4. The highest BCUT2D eigenvalue weighted by molar-refractivity contribution is 5.68. The van der Waals surface area contributed by atoms with Crippen molar-refractivity contribution in [3.8, 4) is 0 Å². The molecule has 4 saturated carbocycles. The largest absolute Gasteiger partial charge is 0.470 e. The molecule has 1 aliphatic heterocycles. The monoisotopic (exact) mass is 390 g/mol. The zero-order valence-electron chi connectivity index (χ0n) is 16.1. The van der Waals surface area contributed by atoms with Gasteiger partial charge in [0, 0.05) is 26.2 Å². The summed E-state index contributed by atoms with van der Waals surface area (Å²) >= 11 is 0. The molecule has 0 amide bonds. The van der Waals surface area contributed by atoms with Crippen LogP contribution in [0.2, 0.25) is 0 Å². The summed E-state index contributed by atoms with van der Waals surface area (Å²) in [6.45, 7) is 2.78. The fourth-order valence-electron chi connectivity index (χ4n) is 6.63. The van der Waals surface area contributed by atoms with E-state index in [9.17, 15) is 20.2 Å². The molecule has 2 heterocycles. The van der Waals surface area contributed by atoms with Crippen LogP contribution < -0.4 is 4.90 Å². The number of likely N-dealkylation sites (N-methyl/N-ethyl adjacent to an activating group) is 1. The predicted octanol–water partition coefficient (Wildman–Crippen LogP) is 2.38. The Labute approximate surface area is 162 Å². The Hall–Kier alpha value is -2.23. The molecular weight excluding hydrogens is 364 g/mol. The number of anilines is 1. The van der Waals surface area contributed by atoms with Crippen molar-refractivity contribution in [2.75, 3.05) is 38.1 Å². The minimum Gasteiger partial charge on any atom is -0.358 e. The van der Waals surface area contributed by atoms with Gasteiger partial charge in [-0.25, -0.2) is 0 Å². The van der Waals surface area contributed by atoms with Crippen LogP contribution in [0.3, 0.4) is 0 Å². The number of hydrogen-bond acceptors (Lipinski definition) is 7. The van der Waals surface area contributed by atoms with Gasteiger partial charge < -0.3 is 19.9 Å². The lowest BCUT2D eigenvalue weighted by Gasteiger charge is -2.55. The number of aromatic nitrogens is 2. The second-order valence-electron chi connectivity index (χ2n) is 9.35. The van der Waals surface area contributed by atoms with Crippen molar-refractivity contribution < 1.29 is 9.85 Å². The zero-order valence-corrected chi connectivity index (χ0v) is 16.1. The summed E-state index contributed by atoms with van der Waals surface area (Å²) in [5, 5.41) is 27.9. The summed E-state index contributed by atoms with van der Waals surface area (Å²) in [6.07, 6.45) is 6.51. The molecule has 0 atom stereocenters. The molecule has 28 heavy (non-hydrogen) atoms. The number of piperazine rings is 1. The van der Waals surface area contributed by atoms with E-state index in [0.29, 0.717) is 36.7 Å². The molecule has 0 unspecified atom stereocenters. The van der Waals surface area contributed by atoms with Gasteiger partial charge in [0.2, 0.25) is 5.82 Å². The summed E-state index contributed by atoms with van der Waals surface area (Å²) < 4.78 is 1.75. The van der Waals surface area contributed by atoms with E-state index in [1.54, 1.807) is 4.68 Å². The average molecular weight is 390 g/mol. The molecule has 10 nitrogen and oxygen atoms in total. The van der Waals surface area contributed by atoms with Crippen molar-refractivity contribution >= 4 is 17.3 Å². The Morgan fingerprint density at radius 3 is 1.93 bits per heavy atom. The molecule has 10 heteroatoms.